The molecule has 1 aromatic heterocycles. The van der Waals surface area contributed by atoms with Crippen LogP contribution in [0.5, 0.6) is 0 Å². The number of nitrogens with one attached hydrogen (secondary N) is 1. The first-order valence-electron chi connectivity index (χ1n) is 7.49. The summed E-state index contributed by atoms with van der Waals surface area (Å²) in [5.74, 6) is 0.901. The lowest BCUT2D eigenvalue weighted by Gasteiger charge is -2.17. The third kappa shape index (κ3) is 3.60. The van der Waals surface area contributed by atoms with E-state index in [1.54, 1.807) is 6.33 Å². The molecule has 1 N–H and O–H groups in total. The fraction of sp³-hybridized carbons (Fsp3) is 0.353. The van der Waals surface area contributed by atoms with E-state index in [0.717, 1.165) is 37.6 Å². The molecule has 2 aromatic rings. The highest BCUT2D eigenvalue weighted by Gasteiger charge is 2.22. The van der Waals surface area contributed by atoms with Gasteiger partial charge in [0.15, 0.2) is 0 Å². The second-order valence-corrected chi connectivity index (χ2v) is 5.72. The van der Waals surface area contributed by atoms with E-state index in [0.29, 0.717) is 11.6 Å². The zero-order valence-electron chi connectivity index (χ0n) is 12.7. The van der Waals surface area contributed by atoms with Gasteiger partial charge in [-0.2, -0.15) is 5.26 Å². The molecule has 1 aliphatic rings. The number of likely N-dealkylation sites (tertiary alicyclic amines) is 1. The Balaban J connectivity index is 1.54. The van der Waals surface area contributed by atoms with Gasteiger partial charge in [0.25, 0.3) is 0 Å². The molecule has 0 aliphatic carbocycles. The molecule has 0 saturated carbocycles. The summed E-state index contributed by atoms with van der Waals surface area (Å²) in [5, 5.41) is 12.3. The molecule has 22 heavy (non-hydrogen) atoms. The van der Waals surface area contributed by atoms with Crippen molar-refractivity contribution in [3.8, 4) is 6.07 Å². The number of nitrogens with zero attached hydrogens (tertiary/aromatic N) is 4. The molecule has 1 fully saturated rings. The largest absolute Gasteiger partial charge is 0.366 e. The number of nitriles is 1. The average molecular weight is 293 g/mol. The molecule has 1 saturated heterocycles. The van der Waals surface area contributed by atoms with Crippen LogP contribution in [0.3, 0.4) is 0 Å². The molecule has 3 rings (SSSR count). The van der Waals surface area contributed by atoms with Crippen LogP contribution in [-0.4, -0.2) is 34.0 Å². The fourth-order valence-electron chi connectivity index (χ4n) is 2.78. The summed E-state index contributed by atoms with van der Waals surface area (Å²) >= 11 is 0. The predicted molar refractivity (Wildman–Crippen MR) is 85.2 cm³/mol. The van der Waals surface area contributed by atoms with Crippen molar-refractivity contribution in [3.63, 3.8) is 0 Å². The van der Waals surface area contributed by atoms with Gasteiger partial charge in [0.1, 0.15) is 12.1 Å². The van der Waals surface area contributed by atoms with Crippen LogP contribution in [0.1, 0.15) is 23.2 Å². The SMILES string of the molecule is Cc1cc(NC2CCN(Cc3ccc(C#N)cc3)C2)ncn1. The Morgan fingerprint density at radius 2 is 2.14 bits per heavy atom. The van der Waals surface area contributed by atoms with Crippen LogP contribution >= 0.6 is 0 Å². The van der Waals surface area contributed by atoms with Crippen LogP contribution < -0.4 is 5.32 Å². The normalized spacial score (nSPS) is 18.1. The average Bonchev–Trinajstić information content (AvgIpc) is 2.95. The smallest absolute Gasteiger partial charge is 0.129 e. The maximum atomic E-state index is 8.83. The van der Waals surface area contributed by atoms with Crippen molar-refractivity contribution >= 4 is 5.82 Å². The fourth-order valence-corrected chi connectivity index (χ4v) is 2.78. The van der Waals surface area contributed by atoms with Gasteiger partial charge in [-0.15, -0.1) is 0 Å². The van der Waals surface area contributed by atoms with Gasteiger partial charge in [0, 0.05) is 37.4 Å². The van der Waals surface area contributed by atoms with Gasteiger partial charge < -0.3 is 5.32 Å². The minimum Gasteiger partial charge on any atom is -0.366 e. The summed E-state index contributed by atoms with van der Waals surface area (Å²) in [7, 11) is 0. The number of hydrogen-bond donors (Lipinski definition) is 1. The third-order valence-corrected chi connectivity index (χ3v) is 3.92. The summed E-state index contributed by atoms with van der Waals surface area (Å²) in [6.07, 6.45) is 2.71. The van der Waals surface area contributed by atoms with Crippen LogP contribution in [0.2, 0.25) is 0 Å². The maximum Gasteiger partial charge on any atom is 0.129 e. The molecule has 5 nitrogen and oxygen atoms in total. The van der Waals surface area contributed by atoms with Crippen molar-refractivity contribution in [3.05, 3.63) is 53.5 Å². The Morgan fingerprint density at radius 3 is 2.86 bits per heavy atom. The van der Waals surface area contributed by atoms with Crippen molar-refractivity contribution < 1.29 is 0 Å². The van der Waals surface area contributed by atoms with E-state index in [2.05, 4.69) is 26.3 Å². The van der Waals surface area contributed by atoms with E-state index < -0.39 is 0 Å². The molecule has 0 spiro atoms. The Hall–Kier alpha value is -2.45. The Morgan fingerprint density at radius 1 is 1.32 bits per heavy atom. The molecule has 1 aromatic carbocycles. The monoisotopic (exact) mass is 293 g/mol. The molecule has 2 heterocycles. The maximum absolute atomic E-state index is 8.83. The highest BCUT2D eigenvalue weighted by Crippen LogP contribution is 2.17. The first-order valence-corrected chi connectivity index (χ1v) is 7.49. The number of benzene rings is 1. The van der Waals surface area contributed by atoms with Gasteiger partial charge >= 0.3 is 0 Å². The summed E-state index contributed by atoms with van der Waals surface area (Å²) < 4.78 is 0. The lowest BCUT2D eigenvalue weighted by molar-refractivity contribution is 0.328. The summed E-state index contributed by atoms with van der Waals surface area (Å²) in [4.78, 5) is 10.8. The van der Waals surface area contributed by atoms with Crippen LogP contribution in [0.25, 0.3) is 0 Å². The molecule has 112 valence electrons. The van der Waals surface area contributed by atoms with E-state index in [1.165, 1.54) is 5.56 Å². The standard InChI is InChI=1S/C17H19N5/c1-13-8-17(20-12-19-13)21-16-6-7-22(11-16)10-15-4-2-14(9-18)3-5-15/h2-5,8,12,16H,6-7,10-11H2,1H3,(H,19,20,21). The molecular formula is C17H19N5. The highest BCUT2D eigenvalue weighted by molar-refractivity contribution is 5.36. The molecule has 5 heteroatoms. The number of aryl methyl sites for hydroxylation is 1. The first-order chi connectivity index (χ1) is 10.7. The molecule has 0 radical (unpaired) electrons. The predicted octanol–water partition coefficient (Wildman–Crippen LogP) is 2.34. The summed E-state index contributed by atoms with van der Waals surface area (Å²) in [5.41, 5.74) is 2.94. The van der Waals surface area contributed by atoms with Crippen molar-refractivity contribution in [1.29, 1.82) is 5.26 Å². The van der Waals surface area contributed by atoms with Crippen molar-refractivity contribution in [2.45, 2.75) is 25.9 Å². The first kappa shape index (κ1) is 14.5. The lowest BCUT2D eigenvalue weighted by Crippen LogP contribution is -2.26. The highest BCUT2D eigenvalue weighted by atomic mass is 15.2. The van der Waals surface area contributed by atoms with E-state index in [1.807, 2.05) is 37.3 Å². The lowest BCUT2D eigenvalue weighted by atomic mass is 10.1. The quantitative estimate of drug-likeness (QED) is 0.937. The van der Waals surface area contributed by atoms with E-state index in [-0.39, 0.29) is 0 Å². The number of hydrogen-bond acceptors (Lipinski definition) is 5. The Kier molecular flexibility index (Phi) is 4.31. The van der Waals surface area contributed by atoms with Gasteiger partial charge in [-0.25, -0.2) is 9.97 Å². The summed E-state index contributed by atoms with van der Waals surface area (Å²) in [6.45, 7) is 4.97. The molecule has 1 atom stereocenters. The van der Waals surface area contributed by atoms with Gasteiger partial charge in [-0.3, -0.25) is 4.90 Å². The zero-order chi connectivity index (χ0) is 15.4. The molecular weight excluding hydrogens is 274 g/mol. The van der Waals surface area contributed by atoms with E-state index >= 15 is 0 Å². The van der Waals surface area contributed by atoms with Crippen molar-refractivity contribution in [1.82, 2.24) is 14.9 Å². The second kappa shape index (κ2) is 6.54. The van der Waals surface area contributed by atoms with E-state index in [9.17, 15) is 0 Å². The Labute approximate surface area is 130 Å². The number of rotatable bonds is 4. The van der Waals surface area contributed by atoms with Gasteiger partial charge in [-0.05, 0) is 31.0 Å². The van der Waals surface area contributed by atoms with Crippen molar-refractivity contribution in [2.75, 3.05) is 18.4 Å². The minimum absolute atomic E-state index is 0.424. The number of anilines is 1. The van der Waals surface area contributed by atoms with Gasteiger partial charge in [0.05, 0.1) is 11.6 Å². The molecule has 1 aliphatic heterocycles. The minimum atomic E-state index is 0.424. The van der Waals surface area contributed by atoms with Gasteiger partial charge in [-0.1, -0.05) is 12.1 Å². The molecule has 1 unspecified atom stereocenters. The van der Waals surface area contributed by atoms with Crippen LogP contribution in [0.15, 0.2) is 36.7 Å². The molecule has 0 bridgehead atoms. The zero-order valence-corrected chi connectivity index (χ0v) is 12.7. The molecule has 0 amide bonds. The second-order valence-electron chi connectivity index (χ2n) is 5.72. The third-order valence-electron chi connectivity index (χ3n) is 3.92. The van der Waals surface area contributed by atoms with Crippen molar-refractivity contribution in [2.24, 2.45) is 0 Å². The summed E-state index contributed by atoms with van der Waals surface area (Å²) in [6, 6.07) is 12.4. The Bertz CT molecular complexity index is 674. The van der Waals surface area contributed by atoms with E-state index in [4.69, 9.17) is 5.26 Å². The topological polar surface area (TPSA) is 64.8 Å². The van der Waals surface area contributed by atoms with Crippen LogP contribution in [0, 0.1) is 18.3 Å². The van der Waals surface area contributed by atoms with Crippen LogP contribution in [-0.2, 0) is 6.54 Å². The van der Waals surface area contributed by atoms with Crippen LogP contribution in [0.4, 0.5) is 5.82 Å². The van der Waals surface area contributed by atoms with Gasteiger partial charge in [0.2, 0.25) is 0 Å². The number of aromatic nitrogens is 2.